The zero-order valence-corrected chi connectivity index (χ0v) is 13.4. The van der Waals surface area contributed by atoms with Crippen LogP contribution in [0.2, 0.25) is 0 Å². The van der Waals surface area contributed by atoms with Crippen molar-refractivity contribution in [3.8, 4) is 0 Å². The molecule has 1 aliphatic rings. The number of hydrogen-bond acceptors (Lipinski definition) is 3. The van der Waals surface area contributed by atoms with Crippen LogP contribution in [0.3, 0.4) is 0 Å². The molecule has 0 aliphatic carbocycles. The van der Waals surface area contributed by atoms with Gasteiger partial charge in [0, 0.05) is 14.7 Å². The first-order valence-corrected chi connectivity index (χ1v) is 7.44. The molecule has 0 spiro atoms. The summed E-state index contributed by atoms with van der Waals surface area (Å²) in [6.45, 7) is 0. The Hall–Kier alpha value is -1.89. The minimum absolute atomic E-state index is 0.269. The number of benzene rings is 2. The first kappa shape index (κ1) is 14.1. The van der Waals surface area contributed by atoms with E-state index in [2.05, 4.69) is 27.9 Å². The fraction of sp³-hybridized carbons (Fsp3) is 0.125. The van der Waals surface area contributed by atoms with Crippen molar-refractivity contribution in [1.29, 1.82) is 0 Å². The Balaban J connectivity index is 2.31. The molecule has 0 radical (unpaired) electrons. The lowest BCUT2D eigenvalue weighted by atomic mass is 9.83. The molecule has 0 fully saturated rings. The minimum Gasteiger partial charge on any atom is -0.467 e. The van der Waals surface area contributed by atoms with Crippen LogP contribution in [0.25, 0.3) is 0 Å². The Kier molecular flexibility index (Phi) is 3.44. The second-order valence-electron chi connectivity index (χ2n) is 4.75. The summed E-state index contributed by atoms with van der Waals surface area (Å²) in [5, 5.41) is 2.81. The maximum Gasteiger partial charge on any atom is 0.341 e. The van der Waals surface area contributed by atoms with Gasteiger partial charge in [-0.3, -0.25) is 4.79 Å². The second kappa shape index (κ2) is 5.14. The lowest BCUT2D eigenvalue weighted by molar-refractivity contribution is -0.146. The van der Waals surface area contributed by atoms with Gasteiger partial charge < -0.3 is 10.1 Å². The van der Waals surface area contributed by atoms with Crippen LogP contribution in [0.4, 0.5) is 0 Å². The normalized spacial score (nSPS) is 19.8. The maximum absolute atomic E-state index is 12.5. The number of ether oxygens (including phenoxy) is 1. The number of fused-ring (bicyclic) bond motifs is 1. The van der Waals surface area contributed by atoms with E-state index in [1.54, 1.807) is 18.2 Å². The summed E-state index contributed by atoms with van der Waals surface area (Å²) in [6, 6.07) is 14.6. The number of halogens is 1. The van der Waals surface area contributed by atoms with Gasteiger partial charge in [0.1, 0.15) is 0 Å². The van der Waals surface area contributed by atoms with Gasteiger partial charge in [-0.2, -0.15) is 0 Å². The average Bonchev–Trinajstić information content (AvgIpc) is 2.81. The Bertz CT molecular complexity index is 744. The summed E-state index contributed by atoms with van der Waals surface area (Å²) < 4.78 is 5.96. The topological polar surface area (TPSA) is 55.4 Å². The second-order valence-corrected chi connectivity index (χ2v) is 6.00. The van der Waals surface area contributed by atoms with E-state index >= 15 is 0 Å². The van der Waals surface area contributed by atoms with Crippen molar-refractivity contribution < 1.29 is 14.3 Å². The summed E-state index contributed by atoms with van der Waals surface area (Å²) in [5.74, 6) is -0.766. The number of rotatable bonds is 2. The number of carbonyl (C=O) groups is 2. The van der Waals surface area contributed by atoms with E-state index in [9.17, 15) is 9.59 Å². The van der Waals surface area contributed by atoms with Gasteiger partial charge in [-0.05, 0) is 46.4 Å². The van der Waals surface area contributed by atoms with E-state index in [1.165, 1.54) is 7.11 Å². The maximum atomic E-state index is 12.5. The van der Waals surface area contributed by atoms with Crippen LogP contribution in [0.5, 0.6) is 0 Å². The van der Waals surface area contributed by atoms with Crippen molar-refractivity contribution >= 4 is 34.5 Å². The quantitative estimate of drug-likeness (QED) is 0.630. The molecule has 2 aromatic carbocycles. The molecule has 3 rings (SSSR count). The first-order chi connectivity index (χ1) is 10.1. The molecule has 0 bridgehead atoms. The number of esters is 1. The summed E-state index contributed by atoms with van der Waals surface area (Å²) in [4.78, 5) is 24.8. The molecule has 0 aromatic heterocycles. The van der Waals surface area contributed by atoms with Crippen LogP contribution < -0.4 is 5.32 Å². The Morgan fingerprint density at radius 1 is 1.19 bits per heavy atom. The number of carbonyl (C=O) groups excluding carboxylic acids is 2. The molecule has 0 saturated heterocycles. The molecule has 1 unspecified atom stereocenters. The van der Waals surface area contributed by atoms with Crippen molar-refractivity contribution in [2.45, 2.75) is 5.54 Å². The third-order valence-corrected chi connectivity index (χ3v) is 4.30. The van der Waals surface area contributed by atoms with Gasteiger partial charge in [0.15, 0.2) is 5.54 Å². The third-order valence-electron chi connectivity index (χ3n) is 3.63. The number of methoxy groups -OCH3 is 1. The van der Waals surface area contributed by atoms with Gasteiger partial charge in [-0.15, -0.1) is 0 Å². The van der Waals surface area contributed by atoms with Gasteiger partial charge in [0.2, 0.25) is 0 Å². The van der Waals surface area contributed by atoms with Crippen molar-refractivity contribution in [3.63, 3.8) is 0 Å². The number of amides is 1. The van der Waals surface area contributed by atoms with Crippen LogP contribution in [0, 0.1) is 3.57 Å². The monoisotopic (exact) mass is 393 g/mol. The fourth-order valence-corrected chi connectivity index (χ4v) is 3.24. The van der Waals surface area contributed by atoms with Crippen molar-refractivity contribution in [1.82, 2.24) is 5.32 Å². The number of nitrogens with one attached hydrogen (secondary N) is 1. The van der Waals surface area contributed by atoms with Gasteiger partial charge in [-0.25, -0.2) is 4.79 Å². The zero-order chi connectivity index (χ0) is 15.0. The lowest BCUT2D eigenvalue weighted by Crippen LogP contribution is -2.48. The van der Waals surface area contributed by atoms with E-state index in [0.29, 0.717) is 16.7 Å². The molecular weight excluding hydrogens is 381 g/mol. The van der Waals surface area contributed by atoms with Crippen LogP contribution in [-0.2, 0) is 15.1 Å². The summed E-state index contributed by atoms with van der Waals surface area (Å²) in [5.41, 5.74) is 0.550. The van der Waals surface area contributed by atoms with Crippen molar-refractivity contribution in [2.24, 2.45) is 0 Å². The standard InChI is InChI=1S/C16H12INO3/c1-21-15(20)16(10-5-4-6-11(17)9-10)13-8-3-2-7-12(13)14(19)18-16/h2-9H,1H3,(H,18,19). The van der Waals surface area contributed by atoms with Crippen molar-refractivity contribution in [3.05, 3.63) is 68.8 Å². The molecule has 5 heteroatoms. The molecule has 4 nitrogen and oxygen atoms in total. The fourth-order valence-electron chi connectivity index (χ4n) is 2.69. The molecule has 1 amide bonds. The van der Waals surface area contributed by atoms with Crippen LogP contribution in [0.15, 0.2) is 48.5 Å². The molecule has 1 N–H and O–H groups in total. The highest BCUT2D eigenvalue weighted by atomic mass is 127. The van der Waals surface area contributed by atoms with Crippen molar-refractivity contribution in [2.75, 3.05) is 7.11 Å². The highest BCUT2D eigenvalue weighted by Gasteiger charge is 2.51. The van der Waals surface area contributed by atoms with E-state index in [1.807, 2.05) is 30.3 Å². The number of hydrogen-bond donors (Lipinski definition) is 1. The SMILES string of the molecule is COC(=O)C1(c2cccc(I)c2)NC(=O)c2ccccc21. The van der Waals surface area contributed by atoms with Gasteiger partial charge in [0.25, 0.3) is 5.91 Å². The third kappa shape index (κ3) is 2.03. The van der Waals surface area contributed by atoms with E-state index in [4.69, 9.17) is 4.74 Å². The predicted octanol–water partition coefficient (Wildman–Crippen LogP) is 2.45. The largest absolute Gasteiger partial charge is 0.467 e. The van der Waals surface area contributed by atoms with Crippen LogP contribution in [0.1, 0.15) is 21.5 Å². The van der Waals surface area contributed by atoms with E-state index in [0.717, 1.165) is 3.57 Å². The smallest absolute Gasteiger partial charge is 0.341 e. The molecule has 106 valence electrons. The molecule has 21 heavy (non-hydrogen) atoms. The molecular formula is C16H12INO3. The van der Waals surface area contributed by atoms with Crippen LogP contribution in [-0.4, -0.2) is 19.0 Å². The highest BCUT2D eigenvalue weighted by molar-refractivity contribution is 14.1. The Labute approximate surface area is 135 Å². The van der Waals surface area contributed by atoms with Crippen LogP contribution >= 0.6 is 22.6 Å². The van der Waals surface area contributed by atoms with E-state index < -0.39 is 11.5 Å². The summed E-state index contributed by atoms with van der Waals surface area (Å²) in [6.07, 6.45) is 0. The molecule has 0 saturated carbocycles. The Morgan fingerprint density at radius 2 is 1.95 bits per heavy atom. The Morgan fingerprint density at radius 3 is 2.67 bits per heavy atom. The lowest BCUT2D eigenvalue weighted by Gasteiger charge is -2.28. The van der Waals surface area contributed by atoms with E-state index in [-0.39, 0.29) is 5.91 Å². The molecule has 1 heterocycles. The van der Waals surface area contributed by atoms with Gasteiger partial charge in [-0.1, -0.05) is 30.3 Å². The zero-order valence-electron chi connectivity index (χ0n) is 11.2. The summed E-state index contributed by atoms with van der Waals surface area (Å²) in [7, 11) is 1.32. The van der Waals surface area contributed by atoms with Gasteiger partial charge >= 0.3 is 5.97 Å². The van der Waals surface area contributed by atoms with Gasteiger partial charge in [0.05, 0.1) is 7.11 Å². The average molecular weight is 393 g/mol. The highest BCUT2D eigenvalue weighted by Crippen LogP contribution is 2.38. The summed E-state index contributed by atoms with van der Waals surface area (Å²) >= 11 is 2.17. The molecule has 1 atom stereocenters. The first-order valence-electron chi connectivity index (χ1n) is 6.36. The predicted molar refractivity (Wildman–Crippen MR) is 85.9 cm³/mol. The minimum atomic E-state index is -1.27. The molecule has 2 aromatic rings. The molecule has 1 aliphatic heterocycles.